The van der Waals surface area contributed by atoms with E-state index in [4.69, 9.17) is 77.5 Å². The van der Waals surface area contributed by atoms with Crippen molar-refractivity contribution < 1.29 is 54.0 Å². The smallest absolute Gasteiger partial charge is 0.297 e. The third-order valence-electron chi connectivity index (χ3n) is 19.2. The first kappa shape index (κ1) is 93.4. The first-order valence-electron chi connectivity index (χ1n) is 38.1. The Labute approximate surface area is 825 Å². The molecule has 0 aliphatic rings. The van der Waals surface area contributed by atoms with Crippen molar-refractivity contribution in [3.05, 3.63) is 433 Å². The molecule has 8 heterocycles. The van der Waals surface area contributed by atoms with Gasteiger partial charge in [-0.3, -0.25) is 19.9 Å². The molecule has 20 aromatic rings. The van der Waals surface area contributed by atoms with Crippen molar-refractivity contribution >= 4 is 209 Å². The molecule has 0 aliphatic heterocycles. The van der Waals surface area contributed by atoms with Gasteiger partial charge in [-0.1, -0.05) is 214 Å². The molecular weight excluding hydrogens is 2270 g/mol. The van der Waals surface area contributed by atoms with E-state index in [0.29, 0.717) is 0 Å². The molecule has 0 fully saturated rings. The average Bonchev–Trinajstić information content (AvgIpc) is 1.75. The van der Waals surface area contributed by atoms with Crippen molar-refractivity contribution in [2.45, 2.75) is 14.9 Å². The van der Waals surface area contributed by atoms with Crippen LogP contribution in [-0.4, -0.2) is 103 Å². The van der Waals surface area contributed by atoms with Gasteiger partial charge in [0.05, 0.1) is 75.6 Å². The third kappa shape index (κ3) is 22.8. The van der Waals surface area contributed by atoms with Crippen LogP contribution in [0.2, 0.25) is 0 Å². The van der Waals surface area contributed by atoms with Gasteiger partial charge < -0.3 is 0 Å². The quantitative estimate of drug-likeness (QED) is 0.0696. The Hall–Kier alpha value is -7.22. The molecule has 0 saturated carbocycles. The van der Waals surface area contributed by atoms with Crippen molar-refractivity contribution in [3.63, 3.8) is 0 Å². The minimum Gasteiger partial charge on any atom is -0.297 e. The maximum absolute atomic E-state index is 5.39. The molecule has 12 aromatic carbocycles. The second-order valence-corrected chi connectivity index (χ2v) is 50.6. The Morgan fingerprint density at radius 1 is 0.260 bits per heavy atom. The number of benzene rings is 12. The molecule has 20 rings (SSSR count). The summed E-state index contributed by atoms with van der Waals surface area (Å²) < 4.78 is 4.59. The summed E-state index contributed by atoms with van der Waals surface area (Å²) in [7, 11) is 20.0. The van der Waals surface area contributed by atoms with Crippen LogP contribution in [0.15, 0.2) is 364 Å². The van der Waals surface area contributed by atoms with E-state index < -0.39 is 11.9 Å². The van der Waals surface area contributed by atoms with Crippen molar-refractivity contribution in [3.8, 4) is 87.3 Å². The Balaban J connectivity index is 0.000000191. The zero-order chi connectivity index (χ0) is 81.0. The van der Waals surface area contributed by atoms with Crippen molar-refractivity contribution in [2.24, 2.45) is 0 Å². The van der Waals surface area contributed by atoms with Gasteiger partial charge in [0.25, 0.3) is 0 Å². The van der Waals surface area contributed by atoms with Crippen molar-refractivity contribution in [1.82, 2.24) is 39.9 Å². The van der Waals surface area contributed by atoms with Crippen LogP contribution in [0, 0.1) is 24.3 Å². The molecule has 0 saturated heterocycles. The van der Waals surface area contributed by atoms with Gasteiger partial charge in [0.2, 0.25) is 0 Å². The van der Waals surface area contributed by atoms with Gasteiger partial charge in [0.15, 0.2) is 0 Å². The second-order valence-electron chi connectivity index (χ2n) is 26.8. The summed E-state index contributed by atoms with van der Waals surface area (Å²) in [5.41, 5.74) is 25.9. The molecule has 0 bridgehead atoms. The maximum Gasteiger partial charge on any atom is 2.00 e. The molecule has 123 heavy (non-hydrogen) atoms. The van der Waals surface area contributed by atoms with E-state index in [0.717, 1.165) is 196 Å². The summed E-state index contributed by atoms with van der Waals surface area (Å²) in [6.07, 6.45) is 0. The van der Waals surface area contributed by atoms with Gasteiger partial charge in [-0.05, 0) is 125 Å². The summed E-state index contributed by atoms with van der Waals surface area (Å²) >= 11 is 6.19. The summed E-state index contributed by atoms with van der Waals surface area (Å²) in [6, 6.07) is 139. The van der Waals surface area contributed by atoms with Gasteiger partial charge in [0, 0.05) is 42.8 Å². The zero-order valence-corrected chi connectivity index (χ0v) is 83.7. The fraction of sp³-hybridized carbons (Fsp3) is 0.0196. The number of para-hydroxylation sites is 4. The van der Waals surface area contributed by atoms with Crippen LogP contribution in [0.3, 0.4) is 0 Å². The van der Waals surface area contributed by atoms with E-state index in [1.54, 1.807) is 45.3 Å². The topological polar surface area (TPSA) is 103 Å². The fourth-order valence-corrected chi connectivity index (χ4v) is 17.8. The first-order valence-corrected chi connectivity index (χ1v) is 68.6. The van der Waals surface area contributed by atoms with Crippen LogP contribution in [0.1, 0.15) is 59.9 Å². The van der Waals surface area contributed by atoms with Gasteiger partial charge in [-0.2, -0.15) is 22.7 Å². The Morgan fingerprint density at radius 3 is 0.902 bits per heavy atom. The number of fused-ring (bicyclic) bond motifs is 4. The minimum atomic E-state index is -3.06. The SMILES string of the molecule is C.C.[Cl][Pt]([Cl])([Cl])[Cl].[K][K].[Pt+2].[Pt+2].[c-]1ccccc1-c1cccc(C(=C(c2[c-]c(-c3nc4ccccc4s3)ccc2)c2[c-]c(-c3nc4ccccc4s3)ccc2)c2cccc(-c3[c-]cccc3)n2)n1.c1ccc(-c2cccc(C(=C(c3cccc(-c4nc5ccccc5s4)c3)c3cccc(-c4nc5ccccc5s4)c3)c3cccc(-c4ccccc4)n3)n2)cc1. The zero-order valence-electron chi connectivity index (χ0n) is 64.3. The molecule has 0 radical (unpaired) electrons. The van der Waals surface area contributed by atoms with Crippen LogP contribution in [0.5, 0.6) is 0 Å². The van der Waals surface area contributed by atoms with Crippen molar-refractivity contribution in [1.29, 1.82) is 0 Å². The van der Waals surface area contributed by atoms with E-state index in [9.17, 15) is 0 Å². The van der Waals surface area contributed by atoms with E-state index in [2.05, 4.69) is 279 Å². The third-order valence-corrected chi connectivity index (χ3v) is 23.5. The van der Waals surface area contributed by atoms with Crippen LogP contribution >= 0.6 is 83.0 Å². The van der Waals surface area contributed by atoms with Crippen LogP contribution in [0.25, 0.3) is 150 Å². The number of aromatic nitrogens is 8. The molecule has 21 heteroatoms. The van der Waals surface area contributed by atoms with Gasteiger partial charge in [-0.15, -0.1) is 154 Å². The summed E-state index contributed by atoms with van der Waals surface area (Å²) in [5.74, 6) is 0. The molecule has 600 valence electrons. The van der Waals surface area contributed by atoms with E-state index >= 15 is 0 Å². The average molecular weight is 2340 g/mol. The Bertz CT molecular complexity index is 6110. The number of hydrogen-bond donors (Lipinski definition) is 0. The van der Waals surface area contributed by atoms with Gasteiger partial charge in [0.1, 0.15) is 10.0 Å². The van der Waals surface area contributed by atoms with E-state index in [-0.39, 0.29) is 57.0 Å². The summed E-state index contributed by atoms with van der Waals surface area (Å²) in [4.78, 5) is 41.6. The molecule has 0 aliphatic carbocycles. The van der Waals surface area contributed by atoms with Crippen LogP contribution < -0.4 is 0 Å². The standard InChI is InChI=1S/C50H32N4S2.C50H28N4S2.2CH4.4ClH.2K.3Pt/c2*1-3-15-33(16-4-1)39-25-13-27-43(51-39)48(44-28-14-26-40(52-44)34-17-5-2-6-18-34)47(35-19-11-21-37(31-35)49-53-41-23-7-9-29-45(41)55-49)36-20-12-22-38(32-36)50-54-42-24-8-10-30-46(42)56-50;;;;;;;;;;;/h1-32H;1-15,17,19-30H;2*1H4;4*1H;;;;;/q;-4;;;;;;;;;2*+2;+4/p-4. The largest absolute Gasteiger partial charge is 2.00 e. The molecule has 0 unspecified atom stereocenters. The Morgan fingerprint density at radius 2 is 0.545 bits per heavy atom. The molecule has 8 aromatic heterocycles. The van der Waals surface area contributed by atoms with E-state index in [1.807, 2.05) is 109 Å². The normalized spacial score (nSPS) is 10.9. The van der Waals surface area contributed by atoms with Crippen molar-refractivity contribution in [2.75, 3.05) is 0 Å². The molecule has 0 N–H and O–H groups in total. The second kappa shape index (κ2) is 44.5. The number of thiazole rings is 4. The number of nitrogens with zero attached hydrogens (tertiary/aromatic N) is 8. The molecule has 0 amide bonds. The number of hydrogen-bond acceptors (Lipinski definition) is 12. The molecule has 8 nitrogen and oxygen atoms in total. The molecular formula is C102H68Cl4K2N8Pt3S4. The monoisotopic (exact) mass is 2340 g/mol. The van der Waals surface area contributed by atoms with Crippen LogP contribution in [0.4, 0.5) is 0 Å². The summed E-state index contributed by atoms with van der Waals surface area (Å²) in [6.45, 7) is 0. The predicted octanol–water partition coefficient (Wildman–Crippen LogP) is 29.2. The number of pyridine rings is 4. The fourth-order valence-electron chi connectivity index (χ4n) is 13.9. The van der Waals surface area contributed by atoms with Gasteiger partial charge in [-0.25, -0.2) is 19.9 Å². The predicted molar refractivity (Wildman–Crippen MR) is 513 cm³/mol. The first-order chi connectivity index (χ1) is 58.5. The number of rotatable bonds is 16. The molecule has 0 atom stereocenters. The van der Waals surface area contributed by atoms with Crippen LogP contribution in [-0.2, 0) is 54.0 Å². The maximum atomic E-state index is 5.39. The Kier molecular flexibility index (Phi) is 33.8. The van der Waals surface area contributed by atoms with Gasteiger partial charge >= 0.3 is 155 Å². The van der Waals surface area contributed by atoms with E-state index in [1.165, 1.54) is 63.2 Å². The minimum absolute atomic E-state index is 0. The summed E-state index contributed by atoms with van der Waals surface area (Å²) in [5, 5.41) is 3.76. The number of halogens is 4. The molecule has 0 spiro atoms.